The van der Waals surface area contributed by atoms with Crippen LogP contribution in [0.25, 0.3) is 0 Å². The summed E-state index contributed by atoms with van der Waals surface area (Å²) in [7, 11) is 0. The topological polar surface area (TPSA) is 44.9 Å². The predicted molar refractivity (Wildman–Crippen MR) is 81.1 cm³/mol. The number of hydrogen-bond donors (Lipinski definition) is 2. The van der Waals surface area contributed by atoms with E-state index in [1.54, 1.807) is 18.3 Å². The molecule has 2 aliphatic rings. The summed E-state index contributed by atoms with van der Waals surface area (Å²) in [6.07, 6.45) is 5.02. The average Bonchev–Trinajstić information content (AvgIpc) is 3.07. The lowest BCUT2D eigenvalue weighted by molar-refractivity contribution is 0.628. The Labute approximate surface area is 126 Å². The Balaban J connectivity index is 1.77. The van der Waals surface area contributed by atoms with E-state index < -0.39 is 5.82 Å². The number of fused-ring (bicyclic) bond motifs is 5. The van der Waals surface area contributed by atoms with Crippen LogP contribution in [0.3, 0.4) is 0 Å². The molecule has 0 aliphatic heterocycles. The largest absolute Gasteiger partial charge is 0.354 e. The monoisotopic (exact) mass is 304 g/mol. The Morgan fingerprint density at radius 3 is 2.76 bits per heavy atom. The van der Waals surface area contributed by atoms with Crippen molar-refractivity contribution in [2.75, 3.05) is 5.32 Å². The highest BCUT2D eigenvalue weighted by atomic mass is 35.5. The van der Waals surface area contributed by atoms with Gasteiger partial charge in [0.1, 0.15) is 5.82 Å². The van der Waals surface area contributed by atoms with Gasteiger partial charge in [-0.1, -0.05) is 11.6 Å². The van der Waals surface area contributed by atoms with Gasteiger partial charge in [-0.3, -0.25) is 4.79 Å². The van der Waals surface area contributed by atoms with Crippen LogP contribution < -0.4 is 10.9 Å². The minimum atomic E-state index is -0.437. The van der Waals surface area contributed by atoms with Gasteiger partial charge >= 0.3 is 0 Å². The Bertz CT molecular complexity index is 786. The maximum atomic E-state index is 13.2. The zero-order valence-electron chi connectivity index (χ0n) is 11.2. The molecule has 2 aliphatic carbocycles. The average molecular weight is 305 g/mol. The molecule has 1 heterocycles. The zero-order chi connectivity index (χ0) is 14.6. The lowest BCUT2D eigenvalue weighted by Gasteiger charge is -2.19. The molecule has 2 N–H and O–H groups in total. The predicted octanol–water partition coefficient (Wildman–Crippen LogP) is 4.28. The van der Waals surface area contributed by atoms with Gasteiger partial charge in [-0.15, -0.1) is 0 Å². The van der Waals surface area contributed by atoms with E-state index in [0.717, 1.165) is 41.8 Å². The SMILES string of the molecule is O=c1[nH]cc(Nc2ccc(F)c(Cl)c2)c2c1C1CCC2C1. The van der Waals surface area contributed by atoms with Crippen LogP contribution in [0, 0.1) is 5.82 Å². The van der Waals surface area contributed by atoms with E-state index in [0.29, 0.717) is 11.8 Å². The fraction of sp³-hybridized carbons (Fsp3) is 0.312. The van der Waals surface area contributed by atoms with Crippen molar-refractivity contribution in [1.29, 1.82) is 0 Å². The molecule has 1 fully saturated rings. The molecule has 0 radical (unpaired) electrons. The van der Waals surface area contributed by atoms with Gasteiger partial charge in [0.25, 0.3) is 5.56 Å². The number of pyridine rings is 1. The first-order valence-electron chi connectivity index (χ1n) is 7.11. The van der Waals surface area contributed by atoms with E-state index in [-0.39, 0.29) is 10.6 Å². The number of H-pyrrole nitrogens is 1. The lowest BCUT2D eigenvalue weighted by atomic mass is 9.92. The van der Waals surface area contributed by atoms with Gasteiger partial charge in [-0.05, 0) is 54.9 Å². The number of hydrogen-bond acceptors (Lipinski definition) is 2. The molecule has 4 rings (SSSR count). The number of aromatic amines is 1. The van der Waals surface area contributed by atoms with Gasteiger partial charge in [-0.25, -0.2) is 4.39 Å². The van der Waals surface area contributed by atoms with Crippen LogP contribution in [0.15, 0.2) is 29.2 Å². The molecule has 2 unspecified atom stereocenters. The normalized spacial score (nSPS) is 22.4. The third-order valence-electron chi connectivity index (χ3n) is 4.62. The van der Waals surface area contributed by atoms with Crippen molar-refractivity contribution >= 4 is 23.0 Å². The number of anilines is 2. The molecule has 21 heavy (non-hydrogen) atoms. The first kappa shape index (κ1) is 12.9. The quantitative estimate of drug-likeness (QED) is 0.870. The van der Waals surface area contributed by atoms with Crippen LogP contribution in [0.4, 0.5) is 15.8 Å². The summed E-state index contributed by atoms with van der Waals surface area (Å²) in [5.74, 6) is 0.422. The van der Waals surface area contributed by atoms with Gasteiger partial charge in [0.05, 0.1) is 10.7 Å². The second kappa shape index (κ2) is 4.60. The van der Waals surface area contributed by atoms with Crippen molar-refractivity contribution in [2.45, 2.75) is 31.1 Å². The maximum Gasteiger partial charge on any atom is 0.251 e. The van der Waals surface area contributed by atoms with Crippen LogP contribution in [-0.2, 0) is 0 Å². The van der Waals surface area contributed by atoms with Crippen LogP contribution in [0.1, 0.15) is 42.2 Å². The van der Waals surface area contributed by atoms with E-state index >= 15 is 0 Å². The molecule has 0 amide bonds. The second-order valence-electron chi connectivity index (χ2n) is 5.82. The van der Waals surface area contributed by atoms with Crippen LogP contribution >= 0.6 is 11.6 Å². The summed E-state index contributed by atoms with van der Waals surface area (Å²) in [4.78, 5) is 14.9. The third-order valence-corrected chi connectivity index (χ3v) is 4.91. The van der Waals surface area contributed by atoms with Gasteiger partial charge in [-0.2, -0.15) is 0 Å². The number of rotatable bonds is 2. The highest BCUT2D eigenvalue weighted by molar-refractivity contribution is 6.31. The number of benzene rings is 1. The molecule has 3 nitrogen and oxygen atoms in total. The maximum absolute atomic E-state index is 13.2. The molecular formula is C16H14ClFN2O. The standard InChI is InChI=1S/C16H14ClFN2O/c17-11-6-10(3-4-12(11)18)20-13-7-19-16(21)15-9-2-1-8(5-9)14(13)15/h3-4,6-9,20H,1-2,5H2,(H,19,21). The molecular weight excluding hydrogens is 291 g/mol. The van der Waals surface area contributed by atoms with Crippen molar-refractivity contribution in [3.05, 3.63) is 56.7 Å². The van der Waals surface area contributed by atoms with Crippen LogP contribution in [0.5, 0.6) is 0 Å². The smallest absolute Gasteiger partial charge is 0.251 e. The molecule has 1 aromatic carbocycles. The minimum absolute atomic E-state index is 0.0277. The van der Waals surface area contributed by atoms with Gasteiger partial charge in [0.15, 0.2) is 0 Å². The first-order valence-corrected chi connectivity index (χ1v) is 7.49. The lowest BCUT2D eigenvalue weighted by Crippen LogP contribution is -2.17. The van der Waals surface area contributed by atoms with E-state index in [4.69, 9.17) is 11.6 Å². The molecule has 0 saturated heterocycles. The van der Waals surface area contributed by atoms with E-state index in [1.807, 2.05) is 0 Å². The Hall–Kier alpha value is -1.81. The van der Waals surface area contributed by atoms with E-state index in [2.05, 4.69) is 10.3 Å². The molecule has 2 aromatic rings. The van der Waals surface area contributed by atoms with Crippen molar-refractivity contribution in [3.63, 3.8) is 0 Å². The van der Waals surface area contributed by atoms with Crippen molar-refractivity contribution in [2.24, 2.45) is 0 Å². The molecule has 1 aromatic heterocycles. The molecule has 5 heteroatoms. The molecule has 2 atom stereocenters. The van der Waals surface area contributed by atoms with Crippen molar-refractivity contribution < 1.29 is 4.39 Å². The van der Waals surface area contributed by atoms with E-state index in [1.165, 1.54) is 6.07 Å². The summed E-state index contributed by atoms with van der Waals surface area (Å²) < 4.78 is 13.2. The Morgan fingerprint density at radius 2 is 2.00 bits per heavy atom. The Morgan fingerprint density at radius 1 is 1.24 bits per heavy atom. The van der Waals surface area contributed by atoms with E-state index in [9.17, 15) is 9.18 Å². The number of nitrogens with one attached hydrogen (secondary N) is 2. The summed E-state index contributed by atoms with van der Waals surface area (Å²) >= 11 is 5.81. The minimum Gasteiger partial charge on any atom is -0.354 e. The van der Waals surface area contributed by atoms with Crippen LogP contribution in [0.2, 0.25) is 5.02 Å². The molecule has 1 saturated carbocycles. The third kappa shape index (κ3) is 1.97. The fourth-order valence-corrected chi connectivity index (χ4v) is 3.92. The van der Waals surface area contributed by atoms with Gasteiger partial charge in [0.2, 0.25) is 0 Å². The molecule has 2 bridgehead atoms. The zero-order valence-corrected chi connectivity index (χ0v) is 12.0. The number of aromatic nitrogens is 1. The van der Waals surface area contributed by atoms with Crippen LogP contribution in [-0.4, -0.2) is 4.98 Å². The van der Waals surface area contributed by atoms with Crippen molar-refractivity contribution in [1.82, 2.24) is 4.98 Å². The number of halogens is 2. The summed E-state index contributed by atoms with van der Waals surface area (Å²) in [6.45, 7) is 0. The molecule has 108 valence electrons. The summed E-state index contributed by atoms with van der Waals surface area (Å²) in [5.41, 5.74) is 3.72. The van der Waals surface area contributed by atoms with Gasteiger partial charge < -0.3 is 10.3 Å². The second-order valence-corrected chi connectivity index (χ2v) is 6.23. The summed E-state index contributed by atoms with van der Waals surface area (Å²) in [5, 5.41) is 3.35. The molecule has 0 spiro atoms. The first-order chi connectivity index (χ1) is 10.1. The van der Waals surface area contributed by atoms with Crippen molar-refractivity contribution in [3.8, 4) is 0 Å². The fourth-order valence-electron chi connectivity index (χ4n) is 3.74. The summed E-state index contributed by atoms with van der Waals surface area (Å²) in [6, 6.07) is 4.54. The Kier molecular flexibility index (Phi) is 2.82. The highest BCUT2D eigenvalue weighted by Crippen LogP contribution is 2.54. The highest BCUT2D eigenvalue weighted by Gasteiger charge is 2.40. The van der Waals surface area contributed by atoms with Gasteiger partial charge in [0, 0.05) is 17.4 Å².